The Kier molecular flexibility index (Phi) is 5.98. The van der Waals surface area contributed by atoms with Gasteiger partial charge in [-0.3, -0.25) is 4.79 Å². The second-order valence-electron chi connectivity index (χ2n) is 5.75. The van der Waals surface area contributed by atoms with Crippen LogP contribution in [0.15, 0.2) is 71.2 Å². The number of phenols is 1. The van der Waals surface area contributed by atoms with Crippen LogP contribution < -0.4 is 14.8 Å². The molecule has 0 bridgehead atoms. The van der Waals surface area contributed by atoms with E-state index in [0.717, 1.165) is 10.0 Å². The lowest BCUT2D eigenvalue weighted by Crippen LogP contribution is -2.12. The van der Waals surface area contributed by atoms with Crippen molar-refractivity contribution < 1.29 is 19.4 Å². The van der Waals surface area contributed by atoms with Gasteiger partial charge in [0, 0.05) is 10.0 Å². The van der Waals surface area contributed by atoms with Crippen LogP contribution in [0.25, 0.3) is 0 Å². The van der Waals surface area contributed by atoms with E-state index in [1.807, 2.05) is 24.3 Å². The number of hydrogen-bond acceptors (Lipinski definition) is 4. The maximum absolute atomic E-state index is 12.4. The lowest BCUT2D eigenvalue weighted by Gasteiger charge is -2.13. The lowest BCUT2D eigenvalue weighted by atomic mass is 10.1. The summed E-state index contributed by atoms with van der Waals surface area (Å²) in [6.45, 7) is 0.382. The minimum absolute atomic E-state index is 0.00673. The number of halogens is 1. The van der Waals surface area contributed by atoms with Crippen LogP contribution in [0.2, 0.25) is 0 Å². The zero-order valence-electron chi connectivity index (χ0n) is 14.6. The van der Waals surface area contributed by atoms with E-state index in [0.29, 0.717) is 29.4 Å². The Morgan fingerprint density at radius 2 is 1.78 bits per heavy atom. The van der Waals surface area contributed by atoms with Crippen LogP contribution in [0, 0.1) is 0 Å². The van der Waals surface area contributed by atoms with Crippen LogP contribution in [0.4, 0.5) is 5.69 Å². The van der Waals surface area contributed by atoms with Crippen LogP contribution in [-0.4, -0.2) is 18.1 Å². The Bertz CT molecular complexity index is 941. The lowest BCUT2D eigenvalue weighted by molar-refractivity contribution is 0.102. The fourth-order valence-corrected chi connectivity index (χ4v) is 2.71. The van der Waals surface area contributed by atoms with Gasteiger partial charge in [0.15, 0.2) is 11.5 Å². The van der Waals surface area contributed by atoms with Crippen LogP contribution in [-0.2, 0) is 6.61 Å². The second-order valence-corrected chi connectivity index (χ2v) is 6.67. The molecule has 3 aromatic rings. The Balaban J connectivity index is 1.72. The third kappa shape index (κ3) is 4.80. The van der Waals surface area contributed by atoms with E-state index in [4.69, 9.17) is 9.47 Å². The van der Waals surface area contributed by atoms with Gasteiger partial charge in [0.05, 0.1) is 12.8 Å². The topological polar surface area (TPSA) is 67.8 Å². The van der Waals surface area contributed by atoms with Crippen molar-refractivity contribution in [2.75, 3.05) is 12.4 Å². The molecule has 0 aromatic heterocycles. The highest BCUT2D eigenvalue weighted by Crippen LogP contribution is 2.30. The summed E-state index contributed by atoms with van der Waals surface area (Å²) >= 11 is 3.40. The van der Waals surface area contributed by atoms with Crippen molar-refractivity contribution in [2.45, 2.75) is 6.61 Å². The molecule has 5 nitrogen and oxygen atoms in total. The number of hydrogen-bond donors (Lipinski definition) is 2. The summed E-state index contributed by atoms with van der Waals surface area (Å²) in [5.74, 6) is 0.651. The number of nitrogens with one attached hydrogen (secondary N) is 1. The van der Waals surface area contributed by atoms with Crippen molar-refractivity contribution in [3.8, 4) is 17.2 Å². The molecule has 0 spiro atoms. The minimum Gasteiger partial charge on any atom is -0.506 e. The first-order chi connectivity index (χ1) is 13.1. The smallest absolute Gasteiger partial charge is 0.255 e. The van der Waals surface area contributed by atoms with E-state index in [1.54, 1.807) is 36.4 Å². The van der Waals surface area contributed by atoms with Gasteiger partial charge in [0.25, 0.3) is 5.91 Å². The first-order valence-corrected chi connectivity index (χ1v) is 9.01. The van der Waals surface area contributed by atoms with E-state index in [2.05, 4.69) is 21.2 Å². The summed E-state index contributed by atoms with van der Waals surface area (Å²) in [5.41, 5.74) is 1.75. The third-order valence-electron chi connectivity index (χ3n) is 3.89. The number of rotatable bonds is 6. The number of carbonyl (C=O) groups is 1. The predicted octanol–water partition coefficient (Wildman–Crippen LogP) is 4.99. The van der Waals surface area contributed by atoms with E-state index < -0.39 is 0 Å². The highest BCUT2D eigenvalue weighted by atomic mass is 79.9. The summed E-state index contributed by atoms with van der Waals surface area (Å²) in [7, 11) is 1.52. The van der Waals surface area contributed by atoms with E-state index in [1.165, 1.54) is 13.2 Å². The second kappa shape index (κ2) is 8.60. The van der Waals surface area contributed by atoms with Gasteiger partial charge in [-0.25, -0.2) is 0 Å². The number of phenolic OH excluding ortho intramolecular Hbond substituents is 1. The molecule has 0 heterocycles. The molecule has 3 rings (SSSR count). The summed E-state index contributed by atoms with van der Waals surface area (Å²) < 4.78 is 12.2. The molecule has 138 valence electrons. The van der Waals surface area contributed by atoms with Crippen molar-refractivity contribution in [1.82, 2.24) is 0 Å². The molecular formula is C21H18BrNO4. The average Bonchev–Trinajstić information content (AvgIpc) is 2.69. The van der Waals surface area contributed by atoms with Gasteiger partial charge < -0.3 is 19.9 Å². The quantitative estimate of drug-likeness (QED) is 0.543. The molecule has 2 N–H and O–H groups in total. The largest absolute Gasteiger partial charge is 0.506 e. The highest BCUT2D eigenvalue weighted by molar-refractivity contribution is 9.10. The van der Waals surface area contributed by atoms with E-state index >= 15 is 0 Å². The van der Waals surface area contributed by atoms with Crippen LogP contribution in [0.1, 0.15) is 15.9 Å². The monoisotopic (exact) mass is 427 g/mol. The number of benzene rings is 3. The number of aromatic hydroxyl groups is 1. The van der Waals surface area contributed by atoms with E-state index in [-0.39, 0.29) is 11.7 Å². The van der Waals surface area contributed by atoms with Gasteiger partial charge in [0.2, 0.25) is 0 Å². The van der Waals surface area contributed by atoms with Crippen LogP contribution in [0.5, 0.6) is 17.2 Å². The Labute approximate surface area is 165 Å². The normalized spacial score (nSPS) is 10.3. The number of amides is 1. The molecule has 0 fully saturated rings. The minimum atomic E-state index is -0.353. The summed E-state index contributed by atoms with van der Waals surface area (Å²) in [6.07, 6.45) is 0. The molecule has 0 radical (unpaired) electrons. The van der Waals surface area contributed by atoms with Gasteiger partial charge in [0.1, 0.15) is 12.4 Å². The van der Waals surface area contributed by atoms with Gasteiger partial charge >= 0.3 is 0 Å². The Hall–Kier alpha value is -2.99. The predicted molar refractivity (Wildman–Crippen MR) is 108 cm³/mol. The van der Waals surface area contributed by atoms with Crippen molar-refractivity contribution in [1.29, 1.82) is 0 Å². The van der Waals surface area contributed by atoms with Crippen molar-refractivity contribution in [3.63, 3.8) is 0 Å². The fraction of sp³-hybridized carbons (Fsp3) is 0.0952. The zero-order chi connectivity index (χ0) is 19.2. The molecule has 3 aromatic carbocycles. The zero-order valence-corrected chi connectivity index (χ0v) is 16.2. The number of carbonyl (C=O) groups excluding carboxylic acids is 1. The molecular weight excluding hydrogens is 410 g/mol. The molecule has 0 aliphatic rings. The Morgan fingerprint density at radius 3 is 2.48 bits per heavy atom. The molecule has 27 heavy (non-hydrogen) atoms. The van der Waals surface area contributed by atoms with Gasteiger partial charge in [-0.1, -0.05) is 40.2 Å². The van der Waals surface area contributed by atoms with Gasteiger partial charge in [-0.05, 0) is 48.0 Å². The summed E-state index contributed by atoms with van der Waals surface area (Å²) in [6, 6.07) is 19.3. The van der Waals surface area contributed by atoms with Crippen molar-refractivity contribution in [3.05, 3.63) is 82.3 Å². The standard InChI is InChI=1S/C21H18BrNO4/c1-26-20-12-15(21(25)23-17-4-2-3-5-18(17)24)8-11-19(20)27-13-14-6-9-16(22)10-7-14/h2-12,24H,13H2,1H3,(H,23,25). The molecule has 0 aliphatic heterocycles. The van der Waals surface area contributed by atoms with Crippen LogP contribution >= 0.6 is 15.9 Å². The van der Waals surface area contributed by atoms with E-state index in [9.17, 15) is 9.90 Å². The number of para-hydroxylation sites is 2. The average molecular weight is 428 g/mol. The molecule has 0 saturated carbocycles. The van der Waals surface area contributed by atoms with Crippen LogP contribution in [0.3, 0.4) is 0 Å². The first kappa shape index (κ1) is 18.8. The maximum atomic E-state index is 12.4. The molecule has 0 aliphatic carbocycles. The SMILES string of the molecule is COc1cc(C(=O)Nc2ccccc2O)ccc1OCc1ccc(Br)cc1. The molecule has 1 amide bonds. The molecule has 0 saturated heterocycles. The number of ether oxygens (including phenoxy) is 2. The number of methoxy groups -OCH3 is 1. The van der Waals surface area contributed by atoms with Crippen molar-refractivity contribution >= 4 is 27.5 Å². The molecule has 0 atom stereocenters. The molecule has 6 heteroatoms. The first-order valence-electron chi connectivity index (χ1n) is 8.21. The van der Waals surface area contributed by atoms with Crippen molar-refractivity contribution in [2.24, 2.45) is 0 Å². The maximum Gasteiger partial charge on any atom is 0.255 e. The number of anilines is 1. The summed E-state index contributed by atoms with van der Waals surface area (Å²) in [5, 5.41) is 12.5. The fourth-order valence-electron chi connectivity index (χ4n) is 2.44. The third-order valence-corrected chi connectivity index (χ3v) is 4.41. The summed E-state index contributed by atoms with van der Waals surface area (Å²) in [4.78, 5) is 12.4. The highest BCUT2D eigenvalue weighted by Gasteiger charge is 2.13. The van der Waals surface area contributed by atoms with Gasteiger partial charge in [-0.2, -0.15) is 0 Å². The Morgan fingerprint density at radius 1 is 1.04 bits per heavy atom. The molecule has 0 unspecified atom stereocenters. The van der Waals surface area contributed by atoms with Gasteiger partial charge in [-0.15, -0.1) is 0 Å².